The molecule has 0 unspecified atom stereocenters. The van der Waals surface area contributed by atoms with Gasteiger partial charge in [0.2, 0.25) is 0 Å². The summed E-state index contributed by atoms with van der Waals surface area (Å²) in [5.41, 5.74) is 4.63. The number of aliphatic imine (C=N–C) groups is 1. The van der Waals surface area contributed by atoms with Crippen molar-refractivity contribution in [3.8, 4) is 0 Å². The number of fused-ring (bicyclic) bond motifs is 1. The van der Waals surface area contributed by atoms with E-state index in [0.717, 1.165) is 70.1 Å². The van der Waals surface area contributed by atoms with Gasteiger partial charge in [0, 0.05) is 25.6 Å². The van der Waals surface area contributed by atoms with Crippen LogP contribution in [0.3, 0.4) is 0 Å². The predicted molar refractivity (Wildman–Crippen MR) is 167 cm³/mol. The zero-order valence-corrected chi connectivity index (χ0v) is 25.9. The van der Waals surface area contributed by atoms with Crippen molar-refractivity contribution in [2.45, 2.75) is 91.1 Å². The zero-order valence-electron chi connectivity index (χ0n) is 25.9. The van der Waals surface area contributed by atoms with Crippen LogP contribution in [0, 0.1) is 0 Å². The van der Waals surface area contributed by atoms with E-state index >= 15 is 0 Å². The molecule has 1 fully saturated rings. The summed E-state index contributed by atoms with van der Waals surface area (Å²) in [6.07, 6.45) is 3.38. The molecule has 6 nitrogen and oxygen atoms in total. The normalized spacial score (nSPS) is 17.8. The van der Waals surface area contributed by atoms with Gasteiger partial charge in [-0.2, -0.15) is 0 Å². The molecule has 0 aliphatic carbocycles. The van der Waals surface area contributed by atoms with Gasteiger partial charge in [-0.3, -0.25) is 0 Å². The van der Waals surface area contributed by atoms with Crippen molar-refractivity contribution >= 4 is 16.9 Å². The van der Waals surface area contributed by atoms with Gasteiger partial charge in [-0.25, -0.2) is 9.98 Å². The highest BCUT2D eigenvalue weighted by atomic mass is 16.5. The molecule has 0 radical (unpaired) electrons. The van der Waals surface area contributed by atoms with Gasteiger partial charge in [0.1, 0.15) is 12.4 Å². The fourth-order valence-electron chi connectivity index (χ4n) is 5.76. The van der Waals surface area contributed by atoms with Crippen molar-refractivity contribution in [1.82, 2.24) is 14.5 Å². The lowest BCUT2D eigenvalue weighted by atomic mass is 9.83. The summed E-state index contributed by atoms with van der Waals surface area (Å²) in [7, 11) is 0. The smallest absolute Gasteiger partial charge is 0.194 e. The number of hydrogen-bond donors (Lipinski definition) is 0. The summed E-state index contributed by atoms with van der Waals surface area (Å²) in [4.78, 5) is 12.5. The molecule has 0 N–H and O–H groups in total. The van der Waals surface area contributed by atoms with Crippen molar-refractivity contribution in [2.75, 3.05) is 39.5 Å². The lowest BCUT2D eigenvalue weighted by Crippen LogP contribution is -2.35. The van der Waals surface area contributed by atoms with Crippen LogP contribution < -0.4 is 0 Å². The number of benzene rings is 2. The van der Waals surface area contributed by atoms with Gasteiger partial charge in [-0.15, -0.1) is 0 Å². The second-order valence-corrected chi connectivity index (χ2v) is 12.0. The first-order valence-electron chi connectivity index (χ1n) is 15.3. The van der Waals surface area contributed by atoms with E-state index in [-0.39, 0.29) is 11.0 Å². The van der Waals surface area contributed by atoms with Crippen LogP contribution in [0.15, 0.2) is 53.5 Å². The minimum atomic E-state index is -0.215. The van der Waals surface area contributed by atoms with E-state index in [0.29, 0.717) is 12.5 Å². The molecule has 0 spiro atoms. The van der Waals surface area contributed by atoms with Crippen LogP contribution >= 0.6 is 0 Å². The molecule has 2 aromatic carbocycles. The maximum atomic E-state index is 5.97. The highest BCUT2D eigenvalue weighted by molar-refractivity contribution is 5.89. The number of likely N-dealkylation sites (tertiary alicyclic amines) is 1. The third-order valence-corrected chi connectivity index (χ3v) is 8.19. The molecular formula is C34H50N4O2. The summed E-state index contributed by atoms with van der Waals surface area (Å²) in [6.45, 7) is 21.1. The summed E-state index contributed by atoms with van der Waals surface area (Å²) in [5.74, 6) is 2.60. The van der Waals surface area contributed by atoms with E-state index < -0.39 is 0 Å². The molecule has 0 bridgehead atoms. The first-order chi connectivity index (χ1) is 19.3. The van der Waals surface area contributed by atoms with Gasteiger partial charge in [0.15, 0.2) is 5.90 Å². The molecule has 1 saturated heterocycles. The number of aromatic nitrogens is 2. The lowest BCUT2D eigenvalue weighted by molar-refractivity contribution is 0.138. The first-order valence-corrected chi connectivity index (χ1v) is 15.3. The molecular weight excluding hydrogens is 496 g/mol. The Kier molecular flexibility index (Phi) is 10.1. The molecule has 5 rings (SSSR count). The Bertz CT molecular complexity index is 1250. The minimum absolute atomic E-state index is 0.129. The Morgan fingerprint density at radius 2 is 1.70 bits per heavy atom. The van der Waals surface area contributed by atoms with E-state index in [1.54, 1.807) is 0 Å². The quantitative estimate of drug-likeness (QED) is 0.257. The van der Waals surface area contributed by atoms with Crippen molar-refractivity contribution in [2.24, 2.45) is 4.99 Å². The van der Waals surface area contributed by atoms with Crippen molar-refractivity contribution in [1.29, 1.82) is 0 Å². The van der Waals surface area contributed by atoms with Gasteiger partial charge in [-0.1, -0.05) is 50.2 Å². The Hall–Kier alpha value is -2.70. The number of imidazole rings is 1. The largest absolute Gasteiger partial charge is 0.478 e. The third-order valence-electron chi connectivity index (χ3n) is 8.19. The highest BCUT2D eigenvalue weighted by Gasteiger charge is 2.37. The van der Waals surface area contributed by atoms with Crippen molar-refractivity contribution < 1.29 is 9.47 Å². The Morgan fingerprint density at radius 3 is 2.35 bits per heavy atom. The average Bonchev–Trinajstić information content (AvgIpc) is 3.54. The third kappa shape index (κ3) is 6.95. The maximum absolute atomic E-state index is 5.97. The number of para-hydroxylation sites is 2. The summed E-state index contributed by atoms with van der Waals surface area (Å²) >= 11 is 0. The Labute approximate surface area is 241 Å². The van der Waals surface area contributed by atoms with E-state index in [1.165, 1.54) is 22.5 Å². The molecule has 218 valence electrons. The molecule has 3 heterocycles. The van der Waals surface area contributed by atoms with Crippen molar-refractivity contribution in [3.05, 3.63) is 65.5 Å². The minimum Gasteiger partial charge on any atom is -0.478 e. The van der Waals surface area contributed by atoms with Crippen molar-refractivity contribution in [3.63, 3.8) is 0 Å². The second kappa shape index (κ2) is 13.3. The van der Waals surface area contributed by atoms with Crippen LogP contribution in [0.4, 0.5) is 0 Å². The number of rotatable bonds is 10. The molecule has 40 heavy (non-hydrogen) atoms. The Balaban J connectivity index is 0.00000181. The molecule has 0 saturated carbocycles. The fourth-order valence-corrected chi connectivity index (χ4v) is 5.76. The maximum Gasteiger partial charge on any atom is 0.194 e. The van der Waals surface area contributed by atoms with E-state index in [9.17, 15) is 0 Å². The van der Waals surface area contributed by atoms with Crippen LogP contribution in [0.25, 0.3) is 11.0 Å². The summed E-state index contributed by atoms with van der Waals surface area (Å²) in [5, 5.41) is 0. The summed E-state index contributed by atoms with van der Waals surface area (Å²) in [6, 6.07) is 17.6. The van der Waals surface area contributed by atoms with E-state index in [1.807, 2.05) is 13.8 Å². The average molecular weight is 547 g/mol. The molecule has 3 aromatic rings. The lowest BCUT2D eigenvalue weighted by Gasteiger charge is -2.32. The van der Waals surface area contributed by atoms with Gasteiger partial charge < -0.3 is 18.9 Å². The number of hydrogen-bond acceptors (Lipinski definition) is 5. The second-order valence-electron chi connectivity index (χ2n) is 12.0. The molecule has 2 aliphatic rings. The molecule has 6 heteroatoms. The van der Waals surface area contributed by atoms with Crippen LogP contribution in [0.1, 0.15) is 84.2 Å². The zero-order chi connectivity index (χ0) is 28.8. The molecule has 2 aliphatic heterocycles. The van der Waals surface area contributed by atoms with Gasteiger partial charge in [0.05, 0.1) is 28.6 Å². The first kappa shape index (κ1) is 30.3. The summed E-state index contributed by atoms with van der Waals surface area (Å²) < 4.78 is 14.0. The standard InChI is InChI=1S/C32H44N4O2.C2H6/c1-6-37-22-21-36-28-10-8-7-9-27(28)33-29(36)25-16-19-35(20-17-25)18-15-24-11-13-26(14-12-24)32(4,5)30-34-31(2,3)23-38-30;1-2/h7-14,25H,6,15-23H2,1-5H3;1-2H3. The van der Waals surface area contributed by atoms with Crippen LogP contribution in [0.5, 0.6) is 0 Å². The van der Waals surface area contributed by atoms with Crippen LogP contribution in [0.2, 0.25) is 0 Å². The number of ether oxygens (including phenoxy) is 2. The molecule has 0 amide bonds. The monoisotopic (exact) mass is 546 g/mol. The van der Waals surface area contributed by atoms with E-state index in [4.69, 9.17) is 19.5 Å². The number of piperidine rings is 1. The van der Waals surface area contributed by atoms with Gasteiger partial charge in [-0.05, 0) is 90.2 Å². The van der Waals surface area contributed by atoms with E-state index in [2.05, 4.69) is 92.6 Å². The molecule has 0 atom stereocenters. The van der Waals surface area contributed by atoms with Gasteiger partial charge >= 0.3 is 0 Å². The van der Waals surface area contributed by atoms with Crippen LogP contribution in [-0.4, -0.2) is 65.3 Å². The molecule has 1 aromatic heterocycles. The fraction of sp³-hybridized carbons (Fsp3) is 0.588. The highest BCUT2D eigenvalue weighted by Crippen LogP contribution is 2.32. The van der Waals surface area contributed by atoms with Gasteiger partial charge in [0.25, 0.3) is 0 Å². The topological polar surface area (TPSA) is 51.9 Å². The SMILES string of the molecule is CC.CCOCCn1c(C2CCN(CCc3ccc(C(C)(C)C4=NC(C)(C)CO4)cc3)CC2)nc2ccccc21. The Morgan fingerprint density at radius 1 is 1.00 bits per heavy atom. The van der Waals surface area contributed by atoms with Crippen LogP contribution in [-0.2, 0) is 27.9 Å². The predicted octanol–water partition coefficient (Wildman–Crippen LogP) is 7.01. The number of nitrogens with zero attached hydrogens (tertiary/aromatic N) is 4.